The van der Waals surface area contributed by atoms with Crippen LogP contribution in [0.2, 0.25) is 5.02 Å². The van der Waals surface area contributed by atoms with Crippen molar-refractivity contribution in [1.82, 2.24) is 0 Å². The molecule has 3 aromatic carbocycles. The number of anilines is 2. The predicted molar refractivity (Wildman–Crippen MR) is 124 cm³/mol. The zero-order valence-electron chi connectivity index (χ0n) is 16.5. The number of rotatable bonds is 7. The standard InChI is InChI=1S/C22H21ClN2O3S2/c1-16-11-13-17(14-12-16)30(27,28)25(20-9-5-3-7-18(20)23)15-22(26)24-19-8-4-6-10-21(19)29-2/h3-14H,15H2,1-2H3,(H,24,26). The van der Waals surface area contributed by atoms with Crippen molar-refractivity contribution in [3.63, 3.8) is 0 Å². The van der Waals surface area contributed by atoms with Gasteiger partial charge in [-0.05, 0) is 49.6 Å². The first-order valence-corrected chi connectivity index (χ1v) is 12.1. The quantitative estimate of drug-likeness (QED) is 0.492. The number of carbonyl (C=O) groups is 1. The Hall–Kier alpha value is -2.48. The largest absolute Gasteiger partial charge is 0.323 e. The average Bonchev–Trinajstić information content (AvgIpc) is 2.73. The lowest BCUT2D eigenvalue weighted by Crippen LogP contribution is -2.38. The van der Waals surface area contributed by atoms with Crippen LogP contribution < -0.4 is 9.62 Å². The maximum absolute atomic E-state index is 13.4. The minimum Gasteiger partial charge on any atom is -0.323 e. The summed E-state index contributed by atoms with van der Waals surface area (Å²) in [5, 5.41) is 3.05. The van der Waals surface area contributed by atoms with Gasteiger partial charge >= 0.3 is 0 Å². The van der Waals surface area contributed by atoms with Gasteiger partial charge < -0.3 is 5.32 Å². The van der Waals surface area contributed by atoms with Crippen molar-refractivity contribution in [2.75, 3.05) is 22.4 Å². The Bertz CT molecular complexity index is 1150. The first-order chi connectivity index (χ1) is 14.3. The number of benzene rings is 3. The maximum atomic E-state index is 13.4. The van der Waals surface area contributed by atoms with Gasteiger partial charge in [0, 0.05) is 4.90 Å². The molecule has 0 fully saturated rings. The molecule has 0 atom stereocenters. The highest BCUT2D eigenvalue weighted by molar-refractivity contribution is 7.98. The molecule has 1 amide bonds. The number of amides is 1. The number of nitrogens with one attached hydrogen (secondary N) is 1. The molecule has 0 radical (unpaired) electrons. The molecule has 3 rings (SSSR count). The van der Waals surface area contributed by atoms with E-state index in [1.807, 2.05) is 31.4 Å². The number of para-hydroxylation sites is 2. The van der Waals surface area contributed by atoms with Gasteiger partial charge in [-0.2, -0.15) is 0 Å². The van der Waals surface area contributed by atoms with Crippen molar-refractivity contribution in [3.8, 4) is 0 Å². The molecule has 1 N–H and O–H groups in total. The van der Waals surface area contributed by atoms with Gasteiger partial charge in [0.15, 0.2) is 0 Å². The van der Waals surface area contributed by atoms with E-state index in [1.54, 1.807) is 42.5 Å². The Morgan fingerprint density at radius 3 is 2.30 bits per heavy atom. The van der Waals surface area contributed by atoms with Gasteiger partial charge in [0.2, 0.25) is 5.91 Å². The molecular weight excluding hydrogens is 440 g/mol. The fourth-order valence-corrected chi connectivity index (χ4v) is 5.14. The minimum absolute atomic E-state index is 0.0883. The van der Waals surface area contributed by atoms with E-state index in [-0.39, 0.29) is 15.6 Å². The first-order valence-electron chi connectivity index (χ1n) is 9.09. The van der Waals surface area contributed by atoms with Crippen LogP contribution >= 0.6 is 23.4 Å². The molecule has 0 saturated heterocycles. The topological polar surface area (TPSA) is 66.5 Å². The highest BCUT2D eigenvalue weighted by Gasteiger charge is 2.28. The fraction of sp³-hybridized carbons (Fsp3) is 0.136. The van der Waals surface area contributed by atoms with Crippen molar-refractivity contribution >= 4 is 50.7 Å². The number of halogens is 1. The maximum Gasteiger partial charge on any atom is 0.264 e. The molecule has 8 heteroatoms. The fourth-order valence-electron chi connectivity index (χ4n) is 2.86. The number of hydrogen-bond acceptors (Lipinski definition) is 4. The summed E-state index contributed by atoms with van der Waals surface area (Å²) in [5.41, 5.74) is 1.81. The van der Waals surface area contributed by atoms with Crippen molar-refractivity contribution in [1.29, 1.82) is 0 Å². The van der Waals surface area contributed by atoms with Crippen LogP contribution in [-0.2, 0) is 14.8 Å². The summed E-state index contributed by atoms with van der Waals surface area (Å²) < 4.78 is 27.8. The lowest BCUT2D eigenvalue weighted by molar-refractivity contribution is -0.114. The number of sulfonamides is 1. The molecule has 0 aromatic heterocycles. The van der Waals surface area contributed by atoms with E-state index in [1.165, 1.54) is 23.9 Å². The smallest absolute Gasteiger partial charge is 0.264 e. The summed E-state index contributed by atoms with van der Waals surface area (Å²) in [6, 6.07) is 20.4. The van der Waals surface area contributed by atoms with Crippen molar-refractivity contribution < 1.29 is 13.2 Å². The Kier molecular flexibility index (Phi) is 7.07. The molecule has 0 saturated carbocycles. The summed E-state index contributed by atoms with van der Waals surface area (Å²) in [5.74, 6) is -0.466. The molecule has 3 aromatic rings. The molecule has 0 aliphatic carbocycles. The number of thioether (sulfide) groups is 1. The van der Waals surface area contributed by atoms with E-state index in [4.69, 9.17) is 11.6 Å². The SMILES string of the molecule is CSc1ccccc1NC(=O)CN(c1ccccc1Cl)S(=O)(=O)c1ccc(C)cc1. The third-order valence-corrected chi connectivity index (χ3v) is 7.29. The number of carbonyl (C=O) groups excluding carboxylic acids is 1. The van der Waals surface area contributed by atoms with E-state index in [2.05, 4.69) is 5.32 Å². The summed E-state index contributed by atoms with van der Waals surface area (Å²) in [4.78, 5) is 13.8. The summed E-state index contributed by atoms with van der Waals surface area (Å²) >= 11 is 7.78. The number of hydrogen-bond donors (Lipinski definition) is 1. The molecule has 0 unspecified atom stereocenters. The third kappa shape index (κ3) is 4.98. The van der Waals surface area contributed by atoms with Crippen LogP contribution in [0.3, 0.4) is 0 Å². The molecule has 0 aliphatic heterocycles. The van der Waals surface area contributed by atoms with Crippen LogP contribution in [0, 0.1) is 6.92 Å². The molecular formula is C22H21ClN2O3S2. The van der Waals surface area contributed by atoms with Crippen molar-refractivity contribution in [3.05, 3.63) is 83.4 Å². The molecule has 156 valence electrons. The van der Waals surface area contributed by atoms with Crippen LogP contribution in [0.5, 0.6) is 0 Å². The Labute approximate surface area is 186 Å². The van der Waals surface area contributed by atoms with Gasteiger partial charge in [-0.1, -0.05) is 53.6 Å². The molecule has 0 heterocycles. The van der Waals surface area contributed by atoms with Gasteiger partial charge in [-0.25, -0.2) is 8.42 Å². The summed E-state index contributed by atoms with van der Waals surface area (Å²) in [6.45, 7) is 1.46. The van der Waals surface area contributed by atoms with Gasteiger partial charge in [0.05, 0.1) is 21.3 Å². The molecule has 30 heavy (non-hydrogen) atoms. The lowest BCUT2D eigenvalue weighted by Gasteiger charge is -2.25. The van der Waals surface area contributed by atoms with Crippen LogP contribution in [0.15, 0.2) is 82.6 Å². The molecule has 0 bridgehead atoms. The number of nitrogens with zero attached hydrogens (tertiary/aromatic N) is 1. The highest BCUT2D eigenvalue weighted by Crippen LogP contribution is 2.31. The second-order valence-corrected chi connectivity index (χ2v) is 9.64. The zero-order chi connectivity index (χ0) is 21.7. The first kappa shape index (κ1) is 22.2. The summed E-state index contributed by atoms with van der Waals surface area (Å²) in [7, 11) is -4.01. The molecule has 5 nitrogen and oxygen atoms in total. The normalized spacial score (nSPS) is 11.2. The van der Waals surface area contributed by atoms with Crippen LogP contribution in [-0.4, -0.2) is 27.1 Å². The van der Waals surface area contributed by atoms with Gasteiger partial charge in [-0.3, -0.25) is 9.10 Å². The van der Waals surface area contributed by atoms with Crippen LogP contribution in [0.1, 0.15) is 5.56 Å². The number of aryl methyl sites for hydroxylation is 1. The Morgan fingerprint density at radius 1 is 1.00 bits per heavy atom. The van der Waals surface area contributed by atoms with E-state index in [9.17, 15) is 13.2 Å². The van der Waals surface area contributed by atoms with Gasteiger partial charge in [-0.15, -0.1) is 11.8 Å². The molecule has 0 aliphatic rings. The Morgan fingerprint density at radius 2 is 1.63 bits per heavy atom. The monoisotopic (exact) mass is 460 g/mol. The van der Waals surface area contributed by atoms with E-state index in [0.29, 0.717) is 5.69 Å². The van der Waals surface area contributed by atoms with Crippen LogP contribution in [0.4, 0.5) is 11.4 Å². The predicted octanol–water partition coefficient (Wildman–Crippen LogP) is 5.20. The summed E-state index contributed by atoms with van der Waals surface area (Å²) in [6.07, 6.45) is 1.91. The zero-order valence-corrected chi connectivity index (χ0v) is 18.9. The lowest BCUT2D eigenvalue weighted by atomic mass is 10.2. The Balaban J connectivity index is 1.97. The van der Waals surface area contributed by atoms with Crippen molar-refractivity contribution in [2.45, 2.75) is 16.7 Å². The van der Waals surface area contributed by atoms with Gasteiger partial charge in [0.1, 0.15) is 6.54 Å². The van der Waals surface area contributed by atoms with E-state index in [0.717, 1.165) is 14.8 Å². The third-order valence-electron chi connectivity index (χ3n) is 4.40. The second kappa shape index (κ2) is 9.55. The van der Waals surface area contributed by atoms with Crippen molar-refractivity contribution in [2.24, 2.45) is 0 Å². The van der Waals surface area contributed by atoms with E-state index >= 15 is 0 Å². The molecule has 0 spiro atoms. The highest BCUT2D eigenvalue weighted by atomic mass is 35.5. The van der Waals surface area contributed by atoms with E-state index < -0.39 is 22.5 Å². The van der Waals surface area contributed by atoms with Crippen LogP contribution in [0.25, 0.3) is 0 Å². The minimum atomic E-state index is -4.01. The average molecular weight is 461 g/mol. The second-order valence-electron chi connectivity index (χ2n) is 6.52. The van der Waals surface area contributed by atoms with Gasteiger partial charge in [0.25, 0.3) is 10.0 Å².